The number of fused-ring (bicyclic) bond motifs is 1. The van der Waals surface area contributed by atoms with Crippen molar-refractivity contribution in [1.82, 2.24) is 5.48 Å². The summed E-state index contributed by atoms with van der Waals surface area (Å²) in [5.41, 5.74) is 4.72. The van der Waals surface area contributed by atoms with Gasteiger partial charge in [0.25, 0.3) is 15.9 Å². The van der Waals surface area contributed by atoms with Crippen LogP contribution in [0.4, 0.5) is 5.69 Å². The quantitative estimate of drug-likeness (QED) is 0.467. The maximum Gasteiger partial charge on any atom is 0.278 e. The molecule has 3 N–H and O–H groups in total. The van der Waals surface area contributed by atoms with Gasteiger partial charge in [0.15, 0.2) is 0 Å². The van der Waals surface area contributed by atoms with Gasteiger partial charge < -0.3 is 4.42 Å². The van der Waals surface area contributed by atoms with Crippen LogP contribution in [0, 0.1) is 27.7 Å². The van der Waals surface area contributed by atoms with Crippen molar-refractivity contribution in [2.75, 3.05) is 4.72 Å². The molecule has 7 nitrogen and oxygen atoms in total. The fraction of sp³-hybridized carbons (Fsp3) is 0.211. The lowest BCUT2D eigenvalue weighted by Gasteiger charge is -2.14. The Kier molecular flexibility index (Phi) is 4.71. The Bertz CT molecular complexity index is 1140. The van der Waals surface area contributed by atoms with Gasteiger partial charge in [-0.2, -0.15) is 0 Å². The van der Waals surface area contributed by atoms with E-state index in [1.807, 2.05) is 19.1 Å². The van der Waals surface area contributed by atoms with Gasteiger partial charge >= 0.3 is 0 Å². The summed E-state index contributed by atoms with van der Waals surface area (Å²) in [6.07, 6.45) is 0. The monoisotopic (exact) mass is 388 g/mol. The summed E-state index contributed by atoms with van der Waals surface area (Å²) in [4.78, 5) is 12.1. The van der Waals surface area contributed by atoms with Gasteiger partial charge in [-0.1, -0.05) is 17.7 Å². The number of amides is 1. The normalized spacial score (nSPS) is 11.6. The fourth-order valence-corrected chi connectivity index (χ4v) is 4.92. The van der Waals surface area contributed by atoms with Crippen LogP contribution in [0.3, 0.4) is 0 Å². The van der Waals surface area contributed by atoms with Crippen molar-refractivity contribution in [2.24, 2.45) is 0 Å². The molecule has 1 amide bonds. The van der Waals surface area contributed by atoms with Crippen molar-refractivity contribution in [3.8, 4) is 0 Å². The van der Waals surface area contributed by atoms with E-state index in [4.69, 9.17) is 9.62 Å². The van der Waals surface area contributed by atoms with Gasteiger partial charge in [0, 0.05) is 11.1 Å². The van der Waals surface area contributed by atoms with Gasteiger partial charge in [0.1, 0.15) is 11.3 Å². The van der Waals surface area contributed by atoms with Crippen LogP contribution < -0.4 is 10.2 Å². The summed E-state index contributed by atoms with van der Waals surface area (Å²) in [5, 5.41) is 9.33. The van der Waals surface area contributed by atoms with Crippen LogP contribution >= 0.6 is 0 Å². The predicted molar refractivity (Wildman–Crippen MR) is 102 cm³/mol. The van der Waals surface area contributed by atoms with Crippen LogP contribution in [-0.2, 0) is 10.0 Å². The number of carbonyl (C=O) groups is 1. The molecule has 0 unspecified atom stereocenters. The van der Waals surface area contributed by atoms with Gasteiger partial charge in [0.05, 0.1) is 10.5 Å². The molecule has 0 radical (unpaired) electrons. The van der Waals surface area contributed by atoms with E-state index in [2.05, 4.69) is 4.72 Å². The Labute approximate surface area is 157 Å². The Balaban J connectivity index is 2.08. The van der Waals surface area contributed by atoms with Crippen molar-refractivity contribution in [2.45, 2.75) is 32.6 Å². The first kappa shape index (κ1) is 18.9. The summed E-state index contributed by atoms with van der Waals surface area (Å²) < 4.78 is 33.9. The molecule has 3 rings (SSSR count). The molecule has 0 saturated heterocycles. The summed E-state index contributed by atoms with van der Waals surface area (Å²) in [6, 6.07) is 8.26. The SMILES string of the molecule is Cc1cc(C)c(S(=O)(=O)Nc2ccc3oc(C)c(C(=O)NO)c3c2)c(C)c1. The number of carbonyl (C=O) groups excluding carboxylic acids is 1. The van der Waals surface area contributed by atoms with Crippen molar-refractivity contribution in [1.29, 1.82) is 0 Å². The van der Waals surface area contributed by atoms with Gasteiger partial charge in [0.2, 0.25) is 0 Å². The second kappa shape index (κ2) is 6.71. The van der Waals surface area contributed by atoms with E-state index in [1.54, 1.807) is 38.4 Å². The van der Waals surface area contributed by atoms with Crippen LogP contribution in [0.25, 0.3) is 11.0 Å². The minimum absolute atomic E-state index is 0.149. The van der Waals surface area contributed by atoms with E-state index in [9.17, 15) is 13.2 Å². The molecule has 8 heteroatoms. The Morgan fingerprint density at radius 1 is 1.04 bits per heavy atom. The third-order valence-corrected chi connectivity index (χ3v) is 6.00. The van der Waals surface area contributed by atoms with E-state index in [1.165, 1.54) is 6.07 Å². The minimum atomic E-state index is -3.82. The largest absolute Gasteiger partial charge is 0.461 e. The van der Waals surface area contributed by atoms with Crippen molar-refractivity contribution < 1.29 is 22.8 Å². The molecule has 142 valence electrons. The van der Waals surface area contributed by atoms with E-state index < -0.39 is 15.9 Å². The standard InChI is InChI=1S/C19H20N2O5S/c1-10-7-11(2)18(12(3)8-10)27(24,25)21-14-5-6-16-15(9-14)17(13(4)26-16)19(22)20-23/h5-9,21,23H,1-4H3,(H,20,22). The molecule has 0 spiro atoms. The maximum absolute atomic E-state index is 12.9. The predicted octanol–water partition coefficient (Wildman–Crippen LogP) is 3.59. The third kappa shape index (κ3) is 3.41. The first-order valence-corrected chi connectivity index (χ1v) is 9.70. The van der Waals surface area contributed by atoms with Gasteiger partial charge in [-0.25, -0.2) is 13.9 Å². The smallest absolute Gasteiger partial charge is 0.278 e. The Hall–Kier alpha value is -2.84. The number of hydroxylamine groups is 1. The van der Waals surface area contributed by atoms with Crippen LogP contribution in [0.2, 0.25) is 0 Å². The maximum atomic E-state index is 12.9. The number of furan rings is 1. The zero-order chi connectivity index (χ0) is 19.9. The second-order valence-corrected chi connectivity index (χ2v) is 8.14. The molecule has 2 aromatic carbocycles. The zero-order valence-electron chi connectivity index (χ0n) is 15.4. The van der Waals surface area contributed by atoms with Gasteiger partial charge in [-0.15, -0.1) is 0 Å². The molecule has 0 aliphatic carbocycles. The highest BCUT2D eigenvalue weighted by atomic mass is 32.2. The van der Waals surface area contributed by atoms with Crippen molar-refractivity contribution in [3.63, 3.8) is 0 Å². The third-order valence-electron chi connectivity index (χ3n) is 4.32. The summed E-state index contributed by atoms with van der Waals surface area (Å²) in [6.45, 7) is 7.00. The van der Waals surface area contributed by atoms with Gasteiger partial charge in [-0.05, 0) is 57.0 Å². The number of aryl methyl sites for hydroxylation is 4. The Morgan fingerprint density at radius 3 is 2.26 bits per heavy atom. The first-order valence-electron chi connectivity index (χ1n) is 8.22. The summed E-state index contributed by atoms with van der Waals surface area (Å²) in [7, 11) is -3.82. The Morgan fingerprint density at radius 2 is 1.67 bits per heavy atom. The molecule has 1 heterocycles. The number of sulfonamides is 1. The zero-order valence-corrected chi connectivity index (χ0v) is 16.2. The highest BCUT2D eigenvalue weighted by Crippen LogP contribution is 2.30. The molecular formula is C19H20N2O5S. The topological polar surface area (TPSA) is 109 Å². The van der Waals surface area contributed by atoms with E-state index in [0.717, 1.165) is 5.56 Å². The second-order valence-electron chi connectivity index (χ2n) is 6.52. The van der Waals surface area contributed by atoms with Crippen LogP contribution in [0.15, 0.2) is 39.6 Å². The van der Waals surface area contributed by atoms with E-state index >= 15 is 0 Å². The average Bonchev–Trinajstić information content (AvgIpc) is 2.87. The first-order chi connectivity index (χ1) is 12.6. The highest BCUT2D eigenvalue weighted by molar-refractivity contribution is 7.92. The molecular weight excluding hydrogens is 368 g/mol. The van der Waals surface area contributed by atoms with Crippen molar-refractivity contribution >= 4 is 32.6 Å². The van der Waals surface area contributed by atoms with Crippen LogP contribution in [-0.4, -0.2) is 19.5 Å². The number of hydrogen-bond donors (Lipinski definition) is 3. The molecule has 3 aromatic rings. The van der Waals surface area contributed by atoms with Gasteiger partial charge in [-0.3, -0.25) is 14.7 Å². The van der Waals surface area contributed by atoms with E-state index in [0.29, 0.717) is 27.9 Å². The molecule has 0 fully saturated rings. The number of rotatable bonds is 4. The molecule has 0 saturated carbocycles. The van der Waals surface area contributed by atoms with Crippen molar-refractivity contribution in [3.05, 3.63) is 58.3 Å². The molecule has 0 aliphatic heterocycles. The summed E-state index contributed by atoms with van der Waals surface area (Å²) >= 11 is 0. The lowest BCUT2D eigenvalue weighted by Crippen LogP contribution is -2.19. The number of anilines is 1. The van der Waals surface area contributed by atoms with E-state index in [-0.39, 0.29) is 16.1 Å². The number of benzene rings is 2. The molecule has 0 aliphatic rings. The molecule has 27 heavy (non-hydrogen) atoms. The van der Waals surface area contributed by atoms with Crippen LogP contribution in [0.1, 0.15) is 32.8 Å². The molecule has 1 aromatic heterocycles. The fourth-order valence-electron chi connectivity index (χ4n) is 3.42. The lowest BCUT2D eigenvalue weighted by atomic mass is 10.1. The highest BCUT2D eigenvalue weighted by Gasteiger charge is 2.22. The molecule has 0 atom stereocenters. The minimum Gasteiger partial charge on any atom is -0.461 e. The van der Waals surface area contributed by atoms with Crippen LogP contribution in [0.5, 0.6) is 0 Å². The molecule has 0 bridgehead atoms. The number of hydrogen-bond acceptors (Lipinski definition) is 5. The summed E-state index contributed by atoms with van der Waals surface area (Å²) in [5.74, 6) is -0.404. The average molecular weight is 388 g/mol. The lowest BCUT2D eigenvalue weighted by molar-refractivity contribution is 0.0706. The number of nitrogens with one attached hydrogen (secondary N) is 2.